The molecule has 0 aliphatic heterocycles. The highest BCUT2D eigenvalue weighted by Gasteiger charge is 2.26. The average Bonchev–Trinajstić information content (AvgIpc) is 3.22. The van der Waals surface area contributed by atoms with Crippen molar-refractivity contribution in [1.82, 2.24) is 0 Å². The van der Waals surface area contributed by atoms with Crippen LogP contribution in [0.1, 0.15) is 49.7 Å². The van der Waals surface area contributed by atoms with Crippen LogP contribution in [0.15, 0.2) is 48.5 Å². The highest BCUT2D eigenvalue weighted by atomic mass is 16.5. The molecule has 1 aliphatic carbocycles. The number of carboxylic acid groups (broad SMARTS) is 1. The number of hydrogen-bond acceptors (Lipinski definition) is 3. The summed E-state index contributed by atoms with van der Waals surface area (Å²) in [6, 6.07) is 15.2. The Bertz CT molecular complexity index is 857. The third kappa shape index (κ3) is 4.86. The van der Waals surface area contributed by atoms with E-state index < -0.39 is 17.8 Å². The van der Waals surface area contributed by atoms with Gasteiger partial charge in [-0.2, -0.15) is 0 Å². The van der Waals surface area contributed by atoms with Gasteiger partial charge in [0.15, 0.2) is 11.5 Å². The second-order valence-corrected chi connectivity index (χ2v) is 7.17. The van der Waals surface area contributed by atoms with E-state index in [-0.39, 0.29) is 6.10 Å². The fourth-order valence-electron chi connectivity index (χ4n) is 3.49. The van der Waals surface area contributed by atoms with E-state index in [1.807, 2.05) is 48.5 Å². The lowest BCUT2D eigenvalue weighted by molar-refractivity contribution is -0.141. The van der Waals surface area contributed by atoms with Crippen molar-refractivity contribution in [3.63, 3.8) is 0 Å². The Balaban J connectivity index is 1.94. The molecule has 1 aliphatic rings. The van der Waals surface area contributed by atoms with Gasteiger partial charge in [-0.1, -0.05) is 43.0 Å². The number of carbonyl (C=O) groups is 1. The molecule has 1 saturated carbocycles. The standard InChI is InChI=1S/C24H26O4/c1-17(24(25)26)21(14-12-18-8-4-3-5-9-18)19-13-15-22(27-2)23(16-19)28-20-10-6-7-11-20/h3-5,8-9,13,15-17,20-21H,6-7,10-11H2,1-2H3,(H,25,26)/t17-,21+/m1/s1. The molecule has 0 amide bonds. The van der Waals surface area contributed by atoms with Gasteiger partial charge in [-0.15, -0.1) is 0 Å². The molecule has 0 aromatic heterocycles. The second-order valence-electron chi connectivity index (χ2n) is 7.17. The summed E-state index contributed by atoms with van der Waals surface area (Å²) in [5, 5.41) is 9.59. The molecular weight excluding hydrogens is 352 g/mol. The summed E-state index contributed by atoms with van der Waals surface area (Å²) in [7, 11) is 1.61. The first-order valence-corrected chi connectivity index (χ1v) is 9.72. The van der Waals surface area contributed by atoms with Crippen LogP contribution in [0.3, 0.4) is 0 Å². The molecule has 0 unspecified atom stereocenters. The summed E-state index contributed by atoms with van der Waals surface area (Å²) < 4.78 is 11.6. The molecule has 1 N–H and O–H groups in total. The molecule has 4 nitrogen and oxygen atoms in total. The minimum absolute atomic E-state index is 0.190. The van der Waals surface area contributed by atoms with Crippen LogP contribution in [0, 0.1) is 17.8 Å². The summed E-state index contributed by atoms with van der Waals surface area (Å²) in [5.41, 5.74) is 1.69. The third-order valence-corrected chi connectivity index (χ3v) is 5.18. The maximum atomic E-state index is 11.7. The van der Waals surface area contributed by atoms with E-state index in [0.29, 0.717) is 11.5 Å². The highest BCUT2D eigenvalue weighted by molar-refractivity contribution is 5.72. The third-order valence-electron chi connectivity index (χ3n) is 5.18. The zero-order valence-electron chi connectivity index (χ0n) is 16.4. The molecule has 28 heavy (non-hydrogen) atoms. The monoisotopic (exact) mass is 378 g/mol. The molecule has 146 valence electrons. The van der Waals surface area contributed by atoms with Crippen LogP contribution in [-0.4, -0.2) is 24.3 Å². The van der Waals surface area contributed by atoms with Crippen molar-refractivity contribution < 1.29 is 19.4 Å². The van der Waals surface area contributed by atoms with Gasteiger partial charge in [-0.3, -0.25) is 4.79 Å². The Morgan fingerprint density at radius 1 is 1.11 bits per heavy atom. The van der Waals surface area contributed by atoms with Crippen LogP contribution in [0.4, 0.5) is 0 Å². The number of benzene rings is 2. The van der Waals surface area contributed by atoms with E-state index in [0.717, 1.165) is 24.0 Å². The number of hydrogen-bond donors (Lipinski definition) is 1. The largest absolute Gasteiger partial charge is 0.493 e. The molecule has 2 aromatic rings. The van der Waals surface area contributed by atoms with Crippen LogP contribution in [-0.2, 0) is 4.79 Å². The minimum Gasteiger partial charge on any atom is -0.493 e. The molecule has 0 radical (unpaired) electrons. The van der Waals surface area contributed by atoms with Gasteiger partial charge in [0.05, 0.1) is 25.0 Å². The molecule has 4 heteroatoms. The van der Waals surface area contributed by atoms with Gasteiger partial charge < -0.3 is 14.6 Å². The van der Waals surface area contributed by atoms with Gasteiger partial charge in [-0.25, -0.2) is 0 Å². The molecule has 2 atom stereocenters. The van der Waals surface area contributed by atoms with E-state index in [2.05, 4.69) is 11.8 Å². The lowest BCUT2D eigenvalue weighted by Crippen LogP contribution is -2.18. The SMILES string of the molecule is COc1ccc([C@@H](C#Cc2ccccc2)[C@@H](C)C(=O)O)cc1OC1CCCC1. The van der Waals surface area contributed by atoms with Gasteiger partial charge >= 0.3 is 5.97 Å². The molecule has 0 heterocycles. The topological polar surface area (TPSA) is 55.8 Å². The molecule has 0 bridgehead atoms. The van der Waals surface area contributed by atoms with Gasteiger partial charge in [-0.05, 0) is 55.5 Å². The van der Waals surface area contributed by atoms with Crippen molar-refractivity contribution in [1.29, 1.82) is 0 Å². The average molecular weight is 378 g/mol. The van der Waals surface area contributed by atoms with Gasteiger partial charge in [0.1, 0.15) is 0 Å². The van der Waals surface area contributed by atoms with Crippen LogP contribution < -0.4 is 9.47 Å². The summed E-state index contributed by atoms with van der Waals surface area (Å²) in [6.07, 6.45) is 4.61. The number of ether oxygens (including phenoxy) is 2. The van der Waals surface area contributed by atoms with Crippen molar-refractivity contribution in [2.24, 2.45) is 5.92 Å². The predicted octanol–water partition coefficient (Wildman–Crippen LogP) is 4.87. The first kappa shape index (κ1) is 19.8. The molecule has 0 spiro atoms. The number of methoxy groups -OCH3 is 1. The molecule has 2 aromatic carbocycles. The lowest BCUT2D eigenvalue weighted by atomic mass is 9.87. The van der Waals surface area contributed by atoms with Crippen molar-refractivity contribution in [3.05, 3.63) is 59.7 Å². The van der Waals surface area contributed by atoms with Crippen LogP contribution >= 0.6 is 0 Å². The predicted molar refractivity (Wildman–Crippen MR) is 109 cm³/mol. The van der Waals surface area contributed by atoms with E-state index in [1.165, 1.54) is 12.8 Å². The fourth-order valence-corrected chi connectivity index (χ4v) is 3.49. The summed E-state index contributed by atoms with van der Waals surface area (Å²) >= 11 is 0. The normalized spacial score (nSPS) is 15.9. The second kappa shape index (κ2) is 9.32. The number of carboxylic acids is 1. The summed E-state index contributed by atoms with van der Waals surface area (Å²) in [6.45, 7) is 1.69. The Kier molecular flexibility index (Phi) is 6.60. The highest BCUT2D eigenvalue weighted by Crippen LogP contribution is 2.36. The number of rotatable bonds is 6. The molecule has 1 fully saturated rings. The van der Waals surface area contributed by atoms with Gasteiger partial charge in [0.2, 0.25) is 0 Å². The quantitative estimate of drug-likeness (QED) is 0.729. The number of aliphatic carboxylic acids is 1. The van der Waals surface area contributed by atoms with E-state index in [9.17, 15) is 9.90 Å². The summed E-state index contributed by atoms with van der Waals surface area (Å²) in [5.74, 6) is 5.63. The van der Waals surface area contributed by atoms with E-state index in [1.54, 1.807) is 14.0 Å². The first-order valence-electron chi connectivity index (χ1n) is 9.72. The minimum atomic E-state index is -0.874. The Labute approximate surface area is 166 Å². The van der Waals surface area contributed by atoms with Crippen LogP contribution in [0.5, 0.6) is 11.5 Å². The Morgan fingerprint density at radius 3 is 2.46 bits per heavy atom. The zero-order chi connectivity index (χ0) is 19.9. The molecular formula is C24H26O4. The van der Waals surface area contributed by atoms with E-state index >= 15 is 0 Å². The first-order chi connectivity index (χ1) is 13.6. The van der Waals surface area contributed by atoms with E-state index in [4.69, 9.17) is 9.47 Å². The lowest BCUT2D eigenvalue weighted by Gasteiger charge is -2.20. The molecule has 3 rings (SSSR count). The van der Waals surface area contributed by atoms with Crippen molar-refractivity contribution >= 4 is 5.97 Å². The Hall–Kier alpha value is -2.93. The van der Waals surface area contributed by atoms with Crippen molar-refractivity contribution in [2.45, 2.75) is 44.6 Å². The maximum absolute atomic E-state index is 11.7. The fraction of sp³-hybridized carbons (Fsp3) is 0.375. The van der Waals surface area contributed by atoms with Gasteiger partial charge in [0.25, 0.3) is 0 Å². The van der Waals surface area contributed by atoms with Crippen LogP contribution in [0.25, 0.3) is 0 Å². The van der Waals surface area contributed by atoms with Crippen LogP contribution in [0.2, 0.25) is 0 Å². The van der Waals surface area contributed by atoms with Gasteiger partial charge in [0, 0.05) is 5.56 Å². The molecule has 0 saturated heterocycles. The smallest absolute Gasteiger partial charge is 0.307 e. The van der Waals surface area contributed by atoms with Crippen molar-refractivity contribution in [3.8, 4) is 23.3 Å². The van der Waals surface area contributed by atoms with Crippen molar-refractivity contribution in [2.75, 3.05) is 7.11 Å². The zero-order valence-corrected chi connectivity index (χ0v) is 16.4. The maximum Gasteiger partial charge on any atom is 0.307 e. The summed E-state index contributed by atoms with van der Waals surface area (Å²) in [4.78, 5) is 11.7. The Morgan fingerprint density at radius 2 is 1.82 bits per heavy atom.